The van der Waals surface area contributed by atoms with Crippen molar-refractivity contribution in [2.45, 2.75) is 70.6 Å². The number of nitrogens with one attached hydrogen (secondary N) is 2. The summed E-state index contributed by atoms with van der Waals surface area (Å²) in [6, 6.07) is -1.87. The van der Waals surface area contributed by atoms with Gasteiger partial charge in [-0.05, 0) is 39.7 Å². The lowest BCUT2D eigenvalue weighted by Gasteiger charge is -2.36. The smallest absolute Gasteiger partial charge is 0.245 e. The summed E-state index contributed by atoms with van der Waals surface area (Å²) in [6.07, 6.45) is 3.44. The van der Waals surface area contributed by atoms with E-state index in [2.05, 4.69) is 10.6 Å². The quantitative estimate of drug-likeness (QED) is 0.365. The van der Waals surface area contributed by atoms with E-state index in [0.29, 0.717) is 19.3 Å². The summed E-state index contributed by atoms with van der Waals surface area (Å²) >= 11 is 0. The van der Waals surface area contributed by atoms with Crippen molar-refractivity contribution in [3.05, 3.63) is 0 Å². The van der Waals surface area contributed by atoms with Crippen LogP contribution in [0.25, 0.3) is 0 Å². The highest BCUT2D eigenvalue weighted by atomic mass is 16.3. The number of ketones is 1. The molecular weight excluding hydrogens is 324 g/mol. The second-order valence-electron chi connectivity index (χ2n) is 6.99. The van der Waals surface area contributed by atoms with Crippen LogP contribution in [0.4, 0.5) is 0 Å². The first kappa shape index (κ1) is 21.5. The topological polar surface area (TPSA) is 148 Å². The van der Waals surface area contributed by atoms with Crippen molar-refractivity contribution < 1.29 is 19.5 Å². The van der Waals surface area contributed by atoms with Crippen molar-refractivity contribution >= 4 is 17.6 Å². The highest BCUT2D eigenvalue weighted by Gasteiger charge is 2.40. The summed E-state index contributed by atoms with van der Waals surface area (Å²) in [4.78, 5) is 36.8. The summed E-state index contributed by atoms with van der Waals surface area (Å²) < 4.78 is 0. The maximum absolute atomic E-state index is 12.7. The molecule has 2 amide bonds. The van der Waals surface area contributed by atoms with E-state index in [1.54, 1.807) is 0 Å². The molecule has 144 valence electrons. The van der Waals surface area contributed by atoms with E-state index in [9.17, 15) is 19.5 Å². The minimum Gasteiger partial charge on any atom is -0.391 e. The molecule has 0 aromatic heterocycles. The van der Waals surface area contributed by atoms with Gasteiger partial charge in [-0.25, -0.2) is 0 Å². The number of carbonyl (C=O) groups excluding carboxylic acids is 3. The van der Waals surface area contributed by atoms with Crippen LogP contribution in [0.2, 0.25) is 0 Å². The summed E-state index contributed by atoms with van der Waals surface area (Å²) in [5.41, 5.74) is 10.6. The Hall–Kier alpha value is -1.51. The van der Waals surface area contributed by atoms with E-state index < -0.39 is 29.5 Å². The first-order valence-corrected chi connectivity index (χ1v) is 8.97. The molecule has 0 aromatic carbocycles. The Morgan fingerprint density at radius 3 is 2.16 bits per heavy atom. The van der Waals surface area contributed by atoms with Gasteiger partial charge in [0, 0.05) is 6.54 Å². The molecule has 1 aliphatic carbocycles. The lowest BCUT2D eigenvalue weighted by atomic mass is 9.73. The molecule has 0 aromatic rings. The highest BCUT2D eigenvalue weighted by Crippen LogP contribution is 2.35. The van der Waals surface area contributed by atoms with Crippen molar-refractivity contribution in [2.75, 3.05) is 13.1 Å². The fourth-order valence-electron chi connectivity index (χ4n) is 3.26. The molecule has 1 rings (SSSR count). The van der Waals surface area contributed by atoms with E-state index in [-0.39, 0.29) is 24.8 Å². The SMILES string of the molecule is CC(=O)[C@H](CCN)NC(=O)[C@@H](NC(=O)C1(CN)CCCCC1)C(C)O. The molecular formula is C17H32N4O4. The predicted molar refractivity (Wildman–Crippen MR) is 94.5 cm³/mol. The van der Waals surface area contributed by atoms with Crippen LogP contribution in [0, 0.1) is 5.41 Å². The number of hydrogen-bond acceptors (Lipinski definition) is 6. The van der Waals surface area contributed by atoms with Gasteiger partial charge in [0.05, 0.1) is 17.6 Å². The Balaban J connectivity index is 2.83. The van der Waals surface area contributed by atoms with Crippen molar-refractivity contribution in [1.29, 1.82) is 0 Å². The molecule has 0 aliphatic heterocycles. The van der Waals surface area contributed by atoms with Gasteiger partial charge in [-0.3, -0.25) is 14.4 Å². The molecule has 1 unspecified atom stereocenters. The van der Waals surface area contributed by atoms with Crippen LogP contribution in [0.1, 0.15) is 52.4 Å². The largest absolute Gasteiger partial charge is 0.391 e. The van der Waals surface area contributed by atoms with Gasteiger partial charge < -0.3 is 27.2 Å². The average molecular weight is 356 g/mol. The molecule has 0 saturated heterocycles. The molecule has 0 bridgehead atoms. The zero-order valence-corrected chi connectivity index (χ0v) is 15.2. The van der Waals surface area contributed by atoms with E-state index in [4.69, 9.17) is 11.5 Å². The van der Waals surface area contributed by atoms with Crippen LogP contribution in [-0.4, -0.2) is 54.0 Å². The third-order valence-corrected chi connectivity index (χ3v) is 5.00. The second kappa shape index (κ2) is 9.84. The number of carbonyl (C=O) groups is 3. The summed E-state index contributed by atoms with van der Waals surface area (Å²) in [5.74, 6) is -1.13. The van der Waals surface area contributed by atoms with Crippen LogP contribution in [0.15, 0.2) is 0 Å². The number of aliphatic hydroxyl groups is 1. The zero-order valence-electron chi connectivity index (χ0n) is 15.2. The molecule has 7 N–H and O–H groups in total. The van der Waals surface area contributed by atoms with E-state index >= 15 is 0 Å². The predicted octanol–water partition coefficient (Wildman–Crippen LogP) is -0.816. The van der Waals surface area contributed by atoms with Gasteiger partial charge in [-0.15, -0.1) is 0 Å². The number of rotatable bonds is 9. The van der Waals surface area contributed by atoms with Crippen LogP contribution >= 0.6 is 0 Å². The molecule has 3 atom stereocenters. The van der Waals surface area contributed by atoms with Crippen molar-refractivity contribution in [3.63, 3.8) is 0 Å². The highest BCUT2D eigenvalue weighted by molar-refractivity contribution is 5.93. The standard InChI is InChI=1S/C17H32N4O4/c1-11(22)13(6-9-18)20-15(24)14(12(2)23)21-16(25)17(10-19)7-4-3-5-8-17/h12-14,23H,3-10,18-19H2,1-2H3,(H,20,24)(H,21,25)/t12?,13-,14-/m0/s1. The zero-order chi connectivity index (χ0) is 19.0. The Morgan fingerprint density at radius 1 is 1.12 bits per heavy atom. The molecule has 25 heavy (non-hydrogen) atoms. The minimum atomic E-state index is -1.14. The van der Waals surface area contributed by atoms with E-state index in [1.807, 2.05) is 0 Å². The maximum Gasteiger partial charge on any atom is 0.245 e. The fraction of sp³-hybridized carbons (Fsp3) is 0.824. The van der Waals surface area contributed by atoms with Crippen molar-refractivity contribution in [1.82, 2.24) is 10.6 Å². The molecule has 0 heterocycles. The number of nitrogens with two attached hydrogens (primary N) is 2. The monoisotopic (exact) mass is 356 g/mol. The van der Waals surface area contributed by atoms with Crippen LogP contribution < -0.4 is 22.1 Å². The van der Waals surface area contributed by atoms with E-state index in [1.165, 1.54) is 13.8 Å². The molecule has 0 radical (unpaired) electrons. The lowest BCUT2D eigenvalue weighted by molar-refractivity contribution is -0.139. The van der Waals surface area contributed by atoms with Crippen molar-refractivity contribution in [2.24, 2.45) is 16.9 Å². The molecule has 8 nitrogen and oxygen atoms in total. The Morgan fingerprint density at radius 2 is 1.72 bits per heavy atom. The van der Waals surface area contributed by atoms with Crippen LogP contribution in [0.5, 0.6) is 0 Å². The first-order valence-electron chi connectivity index (χ1n) is 8.97. The molecule has 8 heteroatoms. The van der Waals surface area contributed by atoms with Crippen LogP contribution in [-0.2, 0) is 14.4 Å². The lowest BCUT2D eigenvalue weighted by Crippen LogP contribution is -2.59. The number of Topliss-reactive ketones (excluding diaryl/α,β-unsaturated/α-hetero) is 1. The first-order chi connectivity index (χ1) is 11.8. The molecule has 1 aliphatic rings. The van der Waals surface area contributed by atoms with Gasteiger partial charge in [-0.2, -0.15) is 0 Å². The van der Waals surface area contributed by atoms with Gasteiger partial charge in [0.15, 0.2) is 5.78 Å². The Kier molecular flexibility index (Phi) is 8.47. The van der Waals surface area contributed by atoms with Gasteiger partial charge in [-0.1, -0.05) is 19.3 Å². The van der Waals surface area contributed by atoms with E-state index in [0.717, 1.165) is 19.3 Å². The average Bonchev–Trinajstić information content (AvgIpc) is 2.58. The number of hydrogen-bond donors (Lipinski definition) is 5. The minimum absolute atomic E-state index is 0.205. The molecule has 1 saturated carbocycles. The maximum atomic E-state index is 12.7. The Labute approximate surface area is 149 Å². The summed E-state index contributed by atoms with van der Waals surface area (Å²) in [5, 5.41) is 15.2. The summed E-state index contributed by atoms with van der Waals surface area (Å²) in [6.45, 7) is 3.23. The Bertz CT molecular complexity index is 475. The number of aliphatic hydroxyl groups excluding tert-OH is 1. The molecule has 1 fully saturated rings. The van der Waals surface area contributed by atoms with Gasteiger partial charge >= 0.3 is 0 Å². The third-order valence-electron chi connectivity index (χ3n) is 5.00. The van der Waals surface area contributed by atoms with Gasteiger partial charge in [0.25, 0.3) is 0 Å². The fourth-order valence-corrected chi connectivity index (χ4v) is 3.26. The summed E-state index contributed by atoms with van der Waals surface area (Å²) in [7, 11) is 0. The van der Waals surface area contributed by atoms with Crippen LogP contribution in [0.3, 0.4) is 0 Å². The third kappa shape index (κ3) is 5.76. The molecule has 0 spiro atoms. The van der Waals surface area contributed by atoms with Gasteiger partial charge in [0.2, 0.25) is 11.8 Å². The second-order valence-corrected chi connectivity index (χ2v) is 6.99. The van der Waals surface area contributed by atoms with Crippen molar-refractivity contribution in [3.8, 4) is 0 Å². The normalized spacial score (nSPS) is 20.2. The van der Waals surface area contributed by atoms with Gasteiger partial charge in [0.1, 0.15) is 6.04 Å². The number of amides is 2.